The van der Waals surface area contributed by atoms with Crippen LogP contribution in [0.3, 0.4) is 0 Å². The van der Waals surface area contributed by atoms with E-state index >= 15 is 0 Å². The van der Waals surface area contributed by atoms with Gasteiger partial charge in [0, 0.05) is 12.7 Å². The van der Waals surface area contributed by atoms with Gasteiger partial charge in [0.2, 0.25) is 0 Å². The first-order chi connectivity index (χ1) is 11.3. The van der Waals surface area contributed by atoms with Crippen LogP contribution in [0.1, 0.15) is 84.0 Å². The third-order valence-electron chi connectivity index (χ3n) is 5.91. The van der Waals surface area contributed by atoms with Crippen molar-refractivity contribution in [2.45, 2.75) is 90.1 Å². The summed E-state index contributed by atoms with van der Waals surface area (Å²) in [5.74, 6) is 2.42. The van der Waals surface area contributed by atoms with Crippen LogP contribution < -0.4 is 0 Å². The number of nitrogens with zero attached hydrogens (tertiary/aromatic N) is 1. The summed E-state index contributed by atoms with van der Waals surface area (Å²) in [5.41, 5.74) is 0. The highest BCUT2D eigenvalue weighted by atomic mass is 16.5. The van der Waals surface area contributed by atoms with Gasteiger partial charge in [0.1, 0.15) is 0 Å². The number of rotatable bonds is 8. The Morgan fingerprint density at radius 3 is 2.30 bits per heavy atom. The quantitative estimate of drug-likeness (QED) is 0.404. The highest BCUT2D eigenvalue weighted by Crippen LogP contribution is 2.33. The molecular formula is C21H35NO. The molecule has 0 atom stereocenters. The van der Waals surface area contributed by atoms with Crippen LogP contribution in [-0.4, -0.2) is 12.7 Å². The normalized spacial score (nSPS) is 32.0. The molecule has 0 aromatic rings. The molecule has 2 aliphatic carbocycles. The van der Waals surface area contributed by atoms with Gasteiger partial charge in [0.05, 0.1) is 12.2 Å². The first kappa shape index (κ1) is 18.5. The molecule has 130 valence electrons. The highest BCUT2D eigenvalue weighted by molar-refractivity contribution is 5.04. The number of ether oxygens (including phenoxy) is 1. The standard InChI is InChI=1S/C21H35NO/c1-2-3-4-6-18-8-10-20(11-9-18)17-23-21-14-12-19(13-15-21)7-5-16-22/h5,7,18-21H,2-4,6,8-15,17H2,1H3/b7-5+. The van der Waals surface area contributed by atoms with Crippen molar-refractivity contribution in [1.29, 1.82) is 5.26 Å². The monoisotopic (exact) mass is 317 g/mol. The zero-order valence-corrected chi connectivity index (χ0v) is 15.0. The predicted molar refractivity (Wildman–Crippen MR) is 96.0 cm³/mol. The average molecular weight is 318 g/mol. The second-order valence-electron chi connectivity index (χ2n) is 7.74. The summed E-state index contributed by atoms with van der Waals surface area (Å²) in [6.07, 6.45) is 20.2. The van der Waals surface area contributed by atoms with Gasteiger partial charge >= 0.3 is 0 Å². The summed E-state index contributed by atoms with van der Waals surface area (Å²) in [6, 6.07) is 2.10. The van der Waals surface area contributed by atoms with Crippen LogP contribution >= 0.6 is 0 Å². The van der Waals surface area contributed by atoms with Crippen LogP contribution in [0.4, 0.5) is 0 Å². The first-order valence-corrected chi connectivity index (χ1v) is 9.99. The van der Waals surface area contributed by atoms with Gasteiger partial charge in [-0.25, -0.2) is 0 Å². The fourth-order valence-corrected chi connectivity index (χ4v) is 4.27. The molecule has 0 saturated heterocycles. The Kier molecular flexibility index (Phi) is 8.76. The van der Waals surface area contributed by atoms with Crippen molar-refractivity contribution in [2.24, 2.45) is 17.8 Å². The third-order valence-corrected chi connectivity index (χ3v) is 5.91. The molecule has 2 fully saturated rings. The maximum Gasteiger partial charge on any atom is 0.0908 e. The largest absolute Gasteiger partial charge is 0.378 e. The Bertz CT molecular complexity index is 368. The Labute approximate surface area is 143 Å². The minimum Gasteiger partial charge on any atom is -0.378 e. The van der Waals surface area contributed by atoms with Crippen LogP contribution in [0, 0.1) is 29.1 Å². The van der Waals surface area contributed by atoms with E-state index in [-0.39, 0.29) is 0 Å². The van der Waals surface area contributed by atoms with Crippen molar-refractivity contribution in [2.75, 3.05) is 6.61 Å². The maximum absolute atomic E-state index is 8.59. The lowest BCUT2D eigenvalue weighted by atomic mass is 9.80. The molecule has 2 nitrogen and oxygen atoms in total. The van der Waals surface area contributed by atoms with Crippen LogP contribution in [0.15, 0.2) is 12.2 Å². The molecule has 0 spiro atoms. The van der Waals surface area contributed by atoms with Crippen molar-refractivity contribution in [3.63, 3.8) is 0 Å². The molecule has 23 heavy (non-hydrogen) atoms. The Balaban J connectivity index is 1.54. The van der Waals surface area contributed by atoms with Gasteiger partial charge in [-0.2, -0.15) is 5.26 Å². The SMILES string of the molecule is CCCCCC1CCC(COC2CCC(/C=C/C#N)CC2)CC1. The van der Waals surface area contributed by atoms with Gasteiger partial charge in [-0.3, -0.25) is 0 Å². The molecule has 2 aliphatic rings. The molecule has 0 amide bonds. The minimum absolute atomic E-state index is 0.476. The van der Waals surface area contributed by atoms with Crippen LogP contribution in [0.2, 0.25) is 0 Å². The molecule has 0 N–H and O–H groups in total. The Morgan fingerprint density at radius 2 is 1.65 bits per heavy atom. The summed E-state index contributed by atoms with van der Waals surface area (Å²) in [4.78, 5) is 0. The minimum atomic E-state index is 0.476. The second kappa shape index (κ2) is 10.9. The second-order valence-corrected chi connectivity index (χ2v) is 7.74. The van der Waals surface area contributed by atoms with Gasteiger partial charge in [0.25, 0.3) is 0 Å². The topological polar surface area (TPSA) is 33.0 Å². The van der Waals surface area contributed by atoms with E-state index in [1.807, 2.05) is 0 Å². The van der Waals surface area contributed by atoms with E-state index in [0.29, 0.717) is 12.0 Å². The van der Waals surface area contributed by atoms with Crippen LogP contribution in [-0.2, 0) is 4.74 Å². The fourth-order valence-electron chi connectivity index (χ4n) is 4.27. The van der Waals surface area contributed by atoms with Gasteiger partial charge in [-0.05, 0) is 56.3 Å². The molecule has 0 bridgehead atoms. The van der Waals surface area contributed by atoms with Crippen molar-refractivity contribution in [3.05, 3.63) is 12.2 Å². The van der Waals surface area contributed by atoms with Crippen LogP contribution in [0.25, 0.3) is 0 Å². The maximum atomic E-state index is 8.59. The van der Waals surface area contributed by atoms with Crippen molar-refractivity contribution in [3.8, 4) is 6.07 Å². The van der Waals surface area contributed by atoms with Crippen molar-refractivity contribution in [1.82, 2.24) is 0 Å². The zero-order valence-electron chi connectivity index (χ0n) is 15.0. The Morgan fingerprint density at radius 1 is 0.957 bits per heavy atom. The number of unbranched alkanes of at least 4 members (excludes halogenated alkanes) is 2. The Hall–Kier alpha value is -0.810. The van der Waals surface area contributed by atoms with E-state index in [4.69, 9.17) is 10.00 Å². The van der Waals surface area contributed by atoms with Gasteiger partial charge in [-0.1, -0.05) is 51.5 Å². The molecule has 0 heterocycles. The lowest BCUT2D eigenvalue weighted by Gasteiger charge is -2.31. The summed E-state index contributed by atoms with van der Waals surface area (Å²) in [7, 11) is 0. The smallest absolute Gasteiger partial charge is 0.0908 e. The molecule has 0 radical (unpaired) electrons. The van der Waals surface area contributed by atoms with E-state index in [1.165, 1.54) is 77.0 Å². The fraction of sp³-hybridized carbons (Fsp3) is 0.857. The van der Waals surface area contributed by atoms with Crippen molar-refractivity contribution >= 4 is 0 Å². The molecule has 2 saturated carbocycles. The lowest BCUT2D eigenvalue weighted by Crippen LogP contribution is -2.25. The number of nitriles is 1. The number of hydrogen-bond donors (Lipinski definition) is 0. The van der Waals surface area contributed by atoms with Gasteiger partial charge in [0.15, 0.2) is 0 Å². The highest BCUT2D eigenvalue weighted by Gasteiger charge is 2.24. The predicted octanol–water partition coefficient (Wildman–Crippen LogP) is 6.03. The summed E-state index contributed by atoms with van der Waals surface area (Å²) in [6.45, 7) is 3.28. The number of allylic oxidation sites excluding steroid dienone is 2. The number of hydrogen-bond acceptors (Lipinski definition) is 2. The van der Waals surface area contributed by atoms with E-state index in [0.717, 1.165) is 18.4 Å². The molecule has 0 aromatic heterocycles. The van der Waals surface area contributed by atoms with E-state index in [1.54, 1.807) is 6.08 Å². The zero-order chi connectivity index (χ0) is 16.3. The van der Waals surface area contributed by atoms with E-state index in [9.17, 15) is 0 Å². The molecule has 0 aliphatic heterocycles. The molecule has 0 unspecified atom stereocenters. The first-order valence-electron chi connectivity index (χ1n) is 9.99. The average Bonchev–Trinajstić information content (AvgIpc) is 2.60. The molecule has 2 rings (SSSR count). The third kappa shape index (κ3) is 7.08. The van der Waals surface area contributed by atoms with E-state index in [2.05, 4.69) is 19.1 Å². The molecule has 0 aromatic carbocycles. The van der Waals surface area contributed by atoms with E-state index < -0.39 is 0 Å². The molecule has 2 heteroatoms. The summed E-state index contributed by atoms with van der Waals surface area (Å²) in [5, 5.41) is 8.59. The summed E-state index contributed by atoms with van der Waals surface area (Å²) < 4.78 is 6.22. The summed E-state index contributed by atoms with van der Waals surface area (Å²) >= 11 is 0. The molecular weight excluding hydrogens is 282 g/mol. The van der Waals surface area contributed by atoms with Gasteiger partial charge < -0.3 is 4.74 Å². The van der Waals surface area contributed by atoms with Gasteiger partial charge in [-0.15, -0.1) is 0 Å². The van der Waals surface area contributed by atoms with Crippen molar-refractivity contribution < 1.29 is 4.74 Å². The van der Waals surface area contributed by atoms with Crippen LogP contribution in [0.5, 0.6) is 0 Å². The lowest BCUT2D eigenvalue weighted by molar-refractivity contribution is -0.00663.